The van der Waals surface area contributed by atoms with Crippen LogP contribution in [-0.2, 0) is 0 Å². The molecule has 0 bridgehead atoms. The molecule has 0 aromatic carbocycles. The fraction of sp³-hybridized carbons (Fsp3) is 0.667. The summed E-state index contributed by atoms with van der Waals surface area (Å²) in [5, 5.41) is 2.95. The van der Waals surface area contributed by atoms with Crippen LogP contribution < -0.4 is 11.1 Å². The Morgan fingerprint density at radius 3 is 1.70 bits per heavy atom. The molecule has 0 aliphatic rings. The Morgan fingerprint density at radius 2 is 1.35 bits per heavy atom. The summed E-state index contributed by atoms with van der Waals surface area (Å²) in [5.41, 5.74) is 5.52. The minimum atomic E-state index is 0. The minimum absolute atomic E-state index is 0. The second-order valence-electron chi connectivity index (χ2n) is 3.56. The molecule has 0 saturated heterocycles. The number of thiol groups is 3. The zero-order chi connectivity index (χ0) is 14.8. The van der Waals surface area contributed by atoms with Crippen LogP contribution in [-0.4, -0.2) is 91.6 Å². The molecule has 0 rings (SSSR count). The van der Waals surface area contributed by atoms with E-state index in [9.17, 15) is 0 Å². The molecule has 0 unspecified atom stereocenters. The third-order valence-electron chi connectivity index (χ3n) is 2.24. The van der Waals surface area contributed by atoms with Crippen LogP contribution in [0, 0.1) is 0 Å². The van der Waals surface area contributed by atoms with Gasteiger partial charge in [-0.05, 0) is 0 Å². The molecular weight excluding hydrogens is 380 g/mol. The van der Waals surface area contributed by atoms with Gasteiger partial charge in [0.15, 0.2) is 0 Å². The van der Waals surface area contributed by atoms with Crippen LogP contribution in [0.5, 0.6) is 0 Å². The molecule has 1 radical (unpaired) electrons. The number of nitrogens with one attached hydrogen (secondary N) is 1. The molecule has 0 aromatic heterocycles. The molecular formula is C9H18N4NaS6. The molecule has 0 aliphatic carbocycles. The number of nitrogens with two attached hydrogens (primary N) is 1. The fourth-order valence-electron chi connectivity index (χ4n) is 1.30. The van der Waals surface area contributed by atoms with E-state index >= 15 is 0 Å². The van der Waals surface area contributed by atoms with Crippen molar-refractivity contribution >= 4 is 117 Å². The van der Waals surface area contributed by atoms with Gasteiger partial charge in [0.2, 0.25) is 0 Å². The average Bonchev–Trinajstić information content (AvgIpc) is 2.30. The molecule has 0 saturated carbocycles. The summed E-state index contributed by atoms with van der Waals surface area (Å²) in [7, 11) is 0. The second kappa shape index (κ2) is 14.3. The quantitative estimate of drug-likeness (QED) is 0.231. The topological polar surface area (TPSA) is 44.5 Å². The van der Waals surface area contributed by atoms with Crippen LogP contribution in [0.2, 0.25) is 0 Å². The van der Waals surface area contributed by atoms with Gasteiger partial charge >= 0.3 is 0 Å². The van der Waals surface area contributed by atoms with Crippen molar-refractivity contribution in [2.24, 2.45) is 5.73 Å². The van der Waals surface area contributed by atoms with Crippen molar-refractivity contribution in [1.82, 2.24) is 15.1 Å². The van der Waals surface area contributed by atoms with Gasteiger partial charge in [0.25, 0.3) is 0 Å². The van der Waals surface area contributed by atoms with Crippen molar-refractivity contribution in [3.63, 3.8) is 0 Å². The molecule has 4 nitrogen and oxygen atoms in total. The first-order chi connectivity index (χ1) is 8.88. The standard InChI is InChI=1S/C9H18N4S6.Na/c10-1-3-12(8(16)17)5-6-13(9(18)19)4-2-11-7(14)15;/h1-6,10H2,(H,16,17)(H,18,19)(H2,11,14,15);. The maximum atomic E-state index is 5.52. The maximum Gasteiger partial charge on any atom is 0.133 e. The Balaban J connectivity index is 0. The maximum absolute atomic E-state index is 5.52. The Labute approximate surface area is 175 Å². The van der Waals surface area contributed by atoms with E-state index in [1.807, 2.05) is 9.80 Å². The summed E-state index contributed by atoms with van der Waals surface area (Å²) < 4.78 is 1.53. The molecule has 0 aromatic rings. The first-order valence-corrected chi connectivity index (χ1v) is 8.07. The SMILES string of the molecule is NCCN(CCN(CCNC(=S)S)C(=S)S)C(=S)S.[Na]. The molecule has 0 heterocycles. The molecule has 0 fully saturated rings. The summed E-state index contributed by atoms with van der Waals surface area (Å²) >= 11 is 27.3. The van der Waals surface area contributed by atoms with E-state index in [1.165, 1.54) is 0 Å². The van der Waals surface area contributed by atoms with E-state index in [-0.39, 0.29) is 29.6 Å². The van der Waals surface area contributed by atoms with Gasteiger partial charge in [-0.25, -0.2) is 0 Å². The van der Waals surface area contributed by atoms with Crippen molar-refractivity contribution in [3.8, 4) is 0 Å². The van der Waals surface area contributed by atoms with Gasteiger partial charge in [-0.1, -0.05) is 36.7 Å². The predicted molar refractivity (Wildman–Crippen MR) is 111 cm³/mol. The molecule has 0 amide bonds. The van der Waals surface area contributed by atoms with Gasteiger partial charge in [-0.2, -0.15) is 0 Å². The van der Waals surface area contributed by atoms with Crippen LogP contribution in [0.1, 0.15) is 0 Å². The van der Waals surface area contributed by atoms with Crippen LogP contribution >= 0.6 is 74.5 Å². The zero-order valence-electron chi connectivity index (χ0n) is 11.3. The van der Waals surface area contributed by atoms with Gasteiger partial charge in [0, 0.05) is 68.8 Å². The van der Waals surface area contributed by atoms with Crippen molar-refractivity contribution in [2.45, 2.75) is 0 Å². The Morgan fingerprint density at radius 1 is 0.900 bits per heavy atom. The van der Waals surface area contributed by atoms with Gasteiger partial charge in [0.05, 0.1) is 0 Å². The predicted octanol–water partition coefficient (Wildman–Crippen LogP) is 0.402. The van der Waals surface area contributed by atoms with Crippen molar-refractivity contribution in [3.05, 3.63) is 0 Å². The van der Waals surface area contributed by atoms with E-state index in [1.54, 1.807) is 0 Å². The largest absolute Gasteiger partial charge is 0.369 e. The zero-order valence-corrected chi connectivity index (χ0v) is 18.4. The van der Waals surface area contributed by atoms with Gasteiger partial charge in [0.1, 0.15) is 13.0 Å². The summed E-state index contributed by atoms with van der Waals surface area (Å²) in [6.45, 7) is 3.95. The van der Waals surface area contributed by atoms with Crippen LogP contribution in [0.15, 0.2) is 0 Å². The van der Waals surface area contributed by atoms with E-state index in [2.05, 4.69) is 43.2 Å². The van der Waals surface area contributed by atoms with Gasteiger partial charge in [-0.15, -0.1) is 37.9 Å². The second-order valence-corrected chi connectivity index (χ2v) is 6.94. The molecule has 20 heavy (non-hydrogen) atoms. The van der Waals surface area contributed by atoms with E-state index < -0.39 is 0 Å². The number of thiocarbonyl (C=S) groups is 3. The van der Waals surface area contributed by atoms with E-state index in [0.717, 1.165) is 0 Å². The Bertz CT molecular complexity index is 330. The number of hydrogen-bond acceptors (Lipinski definition) is 4. The van der Waals surface area contributed by atoms with Crippen LogP contribution in [0.25, 0.3) is 0 Å². The van der Waals surface area contributed by atoms with Gasteiger partial charge < -0.3 is 20.9 Å². The smallest absolute Gasteiger partial charge is 0.133 e. The molecule has 0 aliphatic heterocycles. The molecule has 0 spiro atoms. The van der Waals surface area contributed by atoms with E-state index in [0.29, 0.717) is 52.2 Å². The Hall–Kier alpha value is 1.68. The molecule has 0 atom stereocenters. The molecule has 11 heteroatoms. The Kier molecular flexibility index (Phi) is 17.1. The third-order valence-corrected chi connectivity index (χ3v) is 3.62. The molecule has 111 valence electrons. The summed E-state index contributed by atoms with van der Waals surface area (Å²) in [6.07, 6.45) is 0. The number of nitrogens with zero attached hydrogens (tertiary/aromatic N) is 2. The summed E-state index contributed by atoms with van der Waals surface area (Å²) in [5.74, 6) is 0. The normalized spacial score (nSPS) is 9.40. The number of rotatable bonds is 8. The average molecular weight is 398 g/mol. The fourth-order valence-corrected chi connectivity index (χ4v) is 2.28. The number of hydrogen-bond donors (Lipinski definition) is 5. The summed E-state index contributed by atoms with van der Waals surface area (Å²) in [6, 6.07) is 0. The first-order valence-electron chi connectivity index (χ1n) is 5.51. The summed E-state index contributed by atoms with van der Waals surface area (Å²) in [4.78, 5) is 3.88. The van der Waals surface area contributed by atoms with Crippen molar-refractivity contribution in [2.75, 3.05) is 39.3 Å². The van der Waals surface area contributed by atoms with Crippen LogP contribution in [0.3, 0.4) is 0 Å². The van der Waals surface area contributed by atoms with Gasteiger partial charge in [-0.3, -0.25) is 0 Å². The first kappa shape index (κ1) is 23.9. The van der Waals surface area contributed by atoms with Crippen molar-refractivity contribution in [1.29, 1.82) is 0 Å². The van der Waals surface area contributed by atoms with E-state index in [4.69, 9.17) is 42.4 Å². The minimum Gasteiger partial charge on any atom is -0.369 e. The van der Waals surface area contributed by atoms with Crippen molar-refractivity contribution < 1.29 is 0 Å². The third kappa shape index (κ3) is 12.2. The molecule has 3 N–H and O–H groups in total. The van der Waals surface area contributed by atoms with Crippen LogP contribution in [0.4, 0.5) is 0 Å². The monoisotopic (exact) mass is 397 g/mol.